The van der Waals surface area contributed by atoms with Crippen molar-refractivity contribution in [2.24, 2.45) is 0 Å². The van der Waals surface area contributed by atoms with Crippen molar-refractivity contribution in [2.75, 3.05) is 5.32 Å². The van der Waals surface area contributed by atoms with E-state index in [1.54, 1.807) is 13.8 Å². The molecule has 2 aromatic rings. The molecule has 0 saturated heterocycles. The lowest BCUT2D eigenvalue weighted by Crippen LogP contribution is -2.14. The lowest BCUT2D eigenvalue weighted by atomic mass is 10.1. The van der Waals surface area contributed by atoms with E-state index in [-0.39, 0.29) is 0 Å². The van der Waals surface area contributed by atoms with Gasteiger partial charge in [0, 0.05) is 11.4 Å². The smallest absolute Gasteiger partial charge is 0.322 e. The molecule has 0 saturated carbocycles. The van der Waals surface area contributed by atoms with E-state index in [0.29, 0.717) is 22.6 Å². The van der Waals surface area contributed by atoms with Crippen molar-refractivity contribution < 1.29 is 18.0 Å². The Bertz CT molecular complexity index is 610. The minimum Gasteiger partial charge on any atom is -0.322 e. The molecule has 0 aliphatic heterocycles. The van der Waals surface area contributed by atoms with Gasteiger partial charge in [0.1, 0.15) is 0 Å². The molecule has 7 heteroatoms. The fourth-order valence-electron chi connectivity index (χ4n) is 1.82. The van der Waals surface area contributed by atoms with Crippen molar-refractivity contribution in [2.45, 2.75) is 20.0 Å². The summed E-state index contributed by atoms with van der Waals surface area (Å²) in [5.41, 5.74) is 1.07. The third-order valence-electron chi connectivity index (χ3n) is 2.83. The van der Waals surface area contributed by atoms with Gasteiger partial charge < -0.3 is 5.32 Å². The third kappa shape index (κ3) is 2.81. The zero-order valence-electron chi connectivity index (χ0n) is 10.8. The molecule has 0 fully saturated rings. The summed E-state index contributed by atoms with van der Waals surface area (Å²) >= 11 is 0. The minimum atomic E-state index is -4.39. The van der Waals surface area contributed by atoms with Crippen LogP contribution in [0.3, 0.4) is 0 Å². The topological polar surface area (TPSA) is 57.8 Å². The second kappa shape index (κ2) is 4.99. The zero-order valence-corrected chi connectivity index (χ0v) is 10.8. The monoisotopic (exact) mass is 283 g/mol. The Hall–Kier alpha value is -2.31. The number of alkyl halides is 3. The summed E-state index contributed by atoms with van der Waals surface area (Å²) in [5, 5.41) is 9.10. The van der Waals surface area contributed by atoms with Gasteiger partial charge in [-0.05, 0) is 38.1 Å². The molecule has 1 aromatic heterocycles. The van der Waals surface area contributed by atoms with E-state index in [1.165, 1.54) is 12.1 Å². The van der Waals surface area contributed by atoms with E-state index in [2.05, 4.69) is 15.5 Å². The first-order chi connectivity index (χ1) is 9.29. The van der Waals surface area contributed by atoms with Crippen LogP contribution in [0.4, 0.5) is 18.9 Å². The Labute approximate surface area is 113 Å². The molecule has 1 aromatic carbocycles. The number of aromatic amines is 1. The van der Waals surface area contributed by atoms with Crippen LogP contribution in [-0.4, -0.2) is 16.1 Å². The standard InChI is InChI=1S/C13H12F3N3O/c1-7-11(8(2)19-18-7)12(20)17-10-5-3-9(4-6-10)13(14,15)16/h3-6H,1-2H3,(H,17,20)(H,18,19). The van der Waals surface area contributed by atoms with Gasteiger partial charge in [-0.25, -0.2) is 0 Å². The first kappa shape index (κ1) is 14.1. The highest BCUT2D eigenvalue weighted by atomic mass is 19.4. The quantitative estimate of drug-likeness (QED) is 0.888. The highest BCUT2D eigenvalue weighted by Crippen LogP contribution is 2.29. The number of aryl methyl sites for hydroxylation is 2. The summed E-state index contributed by atoms with van der Waals surface area (Å²) in [6.07, 6.45) is -4.39. The number of carbonyl (C=O) groups excluding carboxylic acids is 1. The molecule has 0 aliphatic rings. The van der Waals surface area contributed by atoms with Crippen LogP contribution in [0.1, 0.15) is 27.3 Å². The van der Waals surface area contributed by atoms with Crippen LogP contribution < -0.4 is 5.32 Å². The van der Waals surface area contributed by atoms with Crippen LogP contribution in [0.5, 0.6) is 0 Å². The SMILES string of the molecule is Cc1n[nH]c(C)c1C(=O)Nc1ccc(C(F)(F)F)cc1. The molecule has 0 atom stereocenters. The Balaban J connectivity index is 2.17. The van der Waals surface area contributed by atoms with E-state index in [1.807, 2.05) is 0 Å². The second-order valence-electron chi connectivity index (χ2n) is 4.34. The summed E-state index contributed by atoms with van der Waals surface area (Å²) < 4.78 is 37.2. The van der Waals surface area contributed by atoms with Gasteiger partial charge in [0.15, 0.2) is 0 Å². The van der Waals surface area contributed by atoms with E-state index in [4.69, 9.17) is 0 Å². The average Bonchev–Trinajstić information content (AvgIpc) is 2.68. The number of halogens is 3. The van der Waals surface area contributed by atoms with Crippen LogP contribution in [0.2, 0.25) is 0 Å². The van der Waals surface area contributed by atoms with Crippen LogP contribution in [-0.2, 0) is 6.18 Å². The number of rotatable bonds is 2. The van der Waals surface area contributed by atoms with E-state index in [0.717, 1.165) is 12.1 Å². The van der Waals surface area contributed by atoms with Gasteiger partial charge in [-0.3, -0.25) is 9.89 Å². The second-order valence-corrected chi connectivity index (χ2v) is 4.34. The molecule has 0 spiro atoms. The van der Waals surface area contributed by atoms with Crippen molar-refractivity contribution in [3.63, 3.8) is 0 Å². The van der Waals surface area contributed by atoms with Crippen LogP contribution in [0, 0.1) is 13.8 Å². The summed E-state index contributed by atoms with van der Waals surface area (Å²) in [4.78, 5) is 12.0. The molecular formula is C13H12F3N3O. The van der Waals surface area contributed by atoms with E-state index >= 15 is 0 Å². The normalized spacial score (nSPS) is 11.4. The van der Waals surface area contributed by atoms with Crippen LogP contribution >= 0.6 is 0 Å². The summed E-state index contributed by atoms with van der Waals surface area (Å²) in [5.74, 6) is -0.409. The maximum Gasteiger partial charge on any atom is 0.416 e. The first-order valence-corrected chi connectivity index (χ1v) is 5.79. The first-order valence-electron chi connectivity index (χ1n) is 5.79. The lowest BCUT2D eigenvalue weighted by molar-refractivity contribution is -0.137. The Morgan fingerprint density at radius 1 is 1.20 bits per heavy atom. The lowest BCUT2D eigenvalue weighted by Gasteiger charge is -2.09. The van der Waals surface area contributed by atoms with Gasteiger partial charge in [0.05, 0.1) is 16.8 Å². The fourth-order valence-corrected chi connectivity index (χ4v) is 1.82. The van der Waals surface area contributed by atoms with Gasteiger partial charge in [-0.15, -0.1) is 0 Å². The average molecular weight is 283 g/mol. The zero-order chi connectivity index (χ0) is 14.9. The van der Waals surface area contributed by atoms with Gasteiger partial charge in [-0.1, -0.05) is 0 Å². The third-order valence-corrected chi connectivity index (χ3v) is 2.83. The highest BCUT2D eigenvalue weighted by molar-refractivity contribution is 6.05. The molecule has 0 bridgehead atoms. The van der Waals surface area contributed by atoms with Crippen LogP contribution in [0.15, 0.2) is 24.3 Å². The number of H-pyrrole nitrogens is 1. The largest absolute Gasteiger partial charge is 0.416 e. The minimum absolute atomic E-state index is 0.294. The predicted octanol–water partition coefficient (Wildman–Crippen LogP) is 3.30. The van der Waals surface area contributed by atoms with Gasteiger partial charge >= 0.3 is 6.18 Å². The number of nitrogens with one attached hydrogen (secondary N) is 2. The van der Waals surface area contributed by atoms with Crippen molar-refractivity contribution in [1.82, 2.24) is 10.2 Å². The van der Waals surface area contributed by atoms with Crippen molar-refractivity contribution in [3.8, 4) is 0 Å². The number of carbonyl (C=O) groups is 1. The van der Waals surface area contributed by atoms with Gasteiger partial charge in [0.25, 0.3) is 5.91 Å². The molecule has 0 unspecified atom stereocenters. The number of nitrogens with zero attached hydrogens (tertiary/aromatic N) is 1. The Morgan fingerprint density at radius 3 is 2.25 bits per heavy atom. The number of anilines is 1. The summed E-state index contributed by atoms with van der Waals surface area (Å²) in [6.45, 7) is 3.37. The molecule has 106 valence electrons. The van der Waals surface area contributed by atoms with Crippen LogP contribution in [0.25, 0.3) is 0 Å². The maximum atomic E-state index is 12.4. The van der Waals surface area contributed by atoms with E-state index in [9.17, 15) is 18.0 Å². The number of aromatic nitrogens is 2. The molecule has 2 rings (SSSR count). The molecule has 4 nitrogen and oxygen atoms in total. The van der Waals surface area contributed by atoms with E-state index < -0.39 is 17.6 Å². The molecule has 20 heavy (non-hydrogen) atoms. The highest BCUT2D eigenvalue weighted by Gasteiger charge is 2.30. The summed E-state index contributed by atoms with van der Waals surface area (Å²) in [7, 11) is 0. The molecular weight excluding hydrogens is 271 g/mol. The summed E-state index contributed by atoms with van der Waals surface area (Å²) in [6, 6.07) is 4.27. The molecule has 2 N–H and O–H groups in total. The molecule has 0 aliphatic carbocycles. The molecule has 0 radical (unpaired) electrons. The number of hydrogen-bond acceptors (Lipinski definition) is 2. The number of hydrogen-bond donors (Lipinski definition) is 2. The predicted molar refractivity (Wildman–Crippen MR) is 67.5 cm³/mol. The van der Waals surface area contributed by atoms with Gasteiger partial charge in [-0.2, -0.15) is 18.3 Å². The maximum absolute atomic E-state index is 12.4. The van der Waals surface area contributed by atoms with Crippen molar-refractivity contribution >= 4 is 11.6 Å². The van der Waals surface area contributed by atoms with Gasteiger partial charge in [0.2, 0.25) is 0 Å². The fraction of sp³-hybridized carbons (Fsp3) is 0.231. The van der Waals surface area contributed by atoms with Crippen molar-refractivity contribution in [3.05, 3.63) is 46.8 Å². The number of benzene rings is 1. The van der Waals surface area contributed by atoms with Crippen molar-refractivity contribution in [1.29, 1.82) is 0 Å². The number of amides is 1. The Morgan fingerprint density at radius 2 is 1.80 bits per heavy atom. The Kier molecular flexibility index (Phi) is 3.52. The molecule has 1 heterocycles. The molecule has 1 amide bonds.